The van der Waals surface area contributed by atoms with Crippen molar-refractivity contribution >= 4 is 5.78 Å². The second-order valence-corrected chi connectivity index (χ2v) is 4.52. The van der Waals surface area contributed by atoms with E-state index in [1.165, 1.54) is 0 Å². The van der Waals surface area contributed by atoms with E-state index in [0.29, 0.717) is 5.78 Å². The lowest BCUT2D eigenvalue weighted by Gasteiger charge is -2.37. The van der Waals surface area contributed by atoms with E-state index in [0.717, 1.165) is 42.5 Å². The van der Waals surface area contributed by atoms with Crippen LogP contribution in [0.15, 0.2) is 37.0 Å². The molecule has 0 aromatic carbocycles. The van der Waals surface area contributed by atoms with Gasteiger partial charge in [-0.3, -0.25) is 4.79 Å². The molecule has 0 saturated carbocycles. The predicted octanol–water partition coefficient (Wildman–Crippen LogP) is 2.09. The number of hydrogen-bond acceptors (Lipinski definition) is 1. The minimum absolute atomic E-state index is 0.401. The molecule has 2 nitrogen and oxygen atoms in total. The maximum atomic E-state index is 11.1. The van der Waals surface area contributed by atoms with E-state index in [2.05, 4.69) is 20.2 Å². The van der Waals surface area contributed by atoms with Gasteiger partial charge < -0.3 is 4.48 Å². The molecule has 1 fully saturated rings. The average molecular weight is 206 g/mol. The maximum Gasteiger partial charge on any atom is 0.144 e. The summed E-state index contributed by atoms with van der Waals surface area (Å²) in [5.74, 6) is 0.401. The van der Waals surface area contributed by atoms with Gasteiger partial charge in [0.1, 0.15) is 12.3 Å². The Morgan fingerprint density at radius 1 is 1.47 bits per heavy atom. The molecule has 15 heavy (non-hydrogen) atoms. The molecule has 0 unspecified atom stereocenters. The number of quaternary nitrogens is 1. The molecule has 2 heteroatoms. The van der Waals surface area contributed by atoms with Crippen molar-refractivity contribution in [1.29, 1.82) is 0 Å². The topological polar surface area (TPSA) is 17.1 Å². The standard InChI is InChI=1S/C13H20NO/c1-4-5-6-12(2)11-14(3)9-7-13(15)8-10-14/h4-6H,1-2,7-11H2,3H3/q+1/b6-5-. The number of allylic oxidation sites excluding steroid dienone is 2. The Morgan fingerprint density at radius 2 is 2.07 bits per heavy atom. The lowest BCUT2D eigenvalue weighted by molar-refractivity contribution is -0.906. The van der Waals surface area contributed by atoms with Gasteiger partial charge in [0.15, 0.2) is 0 Å². The number of nitrogens with zero attached hydrogens (tertiary/aromatic N) is 1. The van der Waals surface area contributed by atoms with Crippen LogP contribution in [0.4, 0.5) is 0 Å². The van der Waals surface area contributed by atoms with Crippen molar-refractivity contribution < 1.29 is 9.28 Å². The average Bonchev–Trinajstić information content (AvgIpc) is 2.20. The number of carbonyl (C=O) groups is 1. The molecule has 0 spiro atoms. The lowest BCUT2D eigenvalue weighted by Crippen LogP contribution is -2.50. The second-order valence-electron chi connectivity index (χ2n) is 4.52. The Morgan fingerprint density at radius 3 is 2.60 bits per heavy atom. The monoisotopic (exact) mass is 206 g/mol. The van der Waals surface area contributed by atoms with Crippen molar-refractivity contribution in [3.8, 4) is 0 Å². The molecule has 1 rings (SSSR count). The Labute approximate surface area is 92.2 Å². The molecular weight excluding hydrogens is 186 g/mol. The van der Waals surface area contributed by atoms with Crippen LogP contribution in [-0.2, 0) is 4.79 Å². The summed E-state index contributed by atoms with van der Waals surface area (Å²) in [6, 6.07) is 0. The summed E-state index contributed by atoms with van der Waals surface area (Å²) in [5.41, 5.74) is 1.10. The van der Waals surface area contributed by atoms with Crippen LogP contribution in [0, 0.1) is 0 Å². The Bertz CT molecular complexity index is 292. The molecule has 1 aliphatic rings. The van der Waals surface area contributed by atoms with Gasteiger partial charge in [-0.05, 0) is 5.57 Å². The number of Topliss-reactive ketones (excluding diaryl/α,β-unsaturated/α-hetero) is 1. The van der Waals surface area contributed by atoms with Crippen LogP contribution < -0.4 is 0 Å². The summed E-state index contributed by atoms with van der Waals surface area (Å²) >= 11 is 0. The van der Waals surface area contributed by atoms with Crippen LogP contribution in [0.25, 0.3) is 0 Å². The second kappa shape index (κ2) is 5.08. The van der Waals surface area contributed by atoms with E-state index in [-0.39, 0.29) is 0 Å². The van der Waals surface area contributed by atoms with Gasteiger partial charge >= 0.3 is 0 Å². The molecule has 1 aliphatic heterocycles. The fraction of sp³-hybridized carbons (Fsp3) is 0.462. The van der Waals surface area contributed by atoms with Gasteiger partial charge in [-0.1, -0.05) is 31.4 Å². The van der Waals surface area contributed by atoms with Crippen molar-refractivity contribution in [3.05, 3.63) is 37.0 Å². The lowest BCUT2D eigenvalue weighted by atomic mass is 10.1. The van der Waals surface area contributed by atoms with Crippen LogP contribution in [0.2, 0.25) is 0 Å². The van der Waals surface area contributed by atoms with Crippen molar-refractivity contribution in [2.75, 3.05) is 26.7 Å². The van der Waals surface area contributed by atoms with E-state index in [9.17, 15) is 4.79 Å². The third kappa shape index (κ3) is 3.84. The summed E-state index contributed by atoms with van der Waals surface area (Å²) in [6.07, 6.45) is 7.09. The largest absolute Gasteiger partial charge is 0.322 e. The molecule has 0 aromatic rings. The van der Waals surface area contributed by atoms with Crippen LogP contribution in [-0.4, -0.2) is 36.9 Å². The SMILES string of the molecule is C=C/C=C\C(=C)C[N+]1(C)CCC(=O)CC1. The highest BCUT2D eigenvalue weighted by Gasteiger charge is 2.28. The summed E-state index contributed by atoms with van der Waals surface area (Å²) in [5, 5.41) is 0. The zero-order valence-corrected chi connectivity index (χ0v) is 9.54. The summed E-state index contributed by atoms with van der Waals surface area (Å²) in [7, 11) is 2.19. The zero-order valence-electron chi connectivity index (χ0n) is 9.54. The van der Waals surface area contributed by atoms with Crippen LogP contribution >= 0.6 is 0 Å². The fourth-order valence-corrected chi connectivity index (χ4v) is 1.93. The van der Waals surface area contributed by atoms with Gasteiger partial charge in [0.25, 0.3) is 0 Å². The zero-order chi connectivity index (χ0) is 11.3. The number of piperidine rings is 1. The highest BCUT2D eigenvalue weighted by atomic mass is 16.1. The van der Waals surface area contributed by atoms with Gasteiger partial charge in [0.05, 0.1) is 33.0 Å². The molecule has 0 bridgehead atoms. The third-order valence-corrected chi connectivity index (χ3v) is 2.91. The fourth-order valence-electron chi connectivity index (χ4n) is 1.93. The van der Waals surface area contributed by atoms with Gasteiger partial charge in [-0.2, -0.15) is 0 Å². The number of likely N-dealkylation sites (tertiary alicyclic amines) is 1. The first-order valence-electron chi connectivity index (χ1n) is 5.38. The highest BCUT2D eigenvalue weighted by Crippen LogP contribution is 2.16. The van der Waals surface area contributed by atoms with Gasteiger partial charge in [0, 0.05) is 0 Å². The summed E-state index contributed by atoms with van der Waals surface area (Å²) in [4.78, 5) is 11.1. The summed E-state index contributed by atoms with van der Waals surface area (Å²) in [6.45, 7) is 10.5. The molecule has 1 heterocycles. The molecule has 0 amide bonds. The van der Waals surface area contributed by atoms with Crippen molar-refractivity contribution in [1.82, 2.24) is 0 Å². The van der Waals surface area contributed by atoms with Crippen molar-refractivity contribution in [3.63, 3.8) is 0 Å². The van der Waals surface area contributed by atoms with E-state index in [4.69, 9.17) is 0 Å². The summed E-state index contributed by atoms with van der Waals surface area (Å²) < 4.78 is 0.937. The first kappa shape index (κ1) is 11.9. The van der Waals surface area contributed by atoms with E-state index >= 15 is 0 Å². The molecular formula is C13H20NO+. The molecule has 0 aromatic heterocycles. The minimum atomic E-state index is 0.401. The molecule has 0 atom stereocenters. The number of carbonyl (C=O) groups excluding carboxylic acids is 1. The quantitative estimate of drug-likeness (QED) is 0.508. The van der Waals surface area contributed by atoms with E-state index in [1.807, 2.05) is 12.2 Å². The van der Waals surface area contributed by atoms with Crippen molar-refractivity contribution in [2.24, 2.45) is 0 Å². The Hall–Kier alpha value is -1.15. The molecule has 1 saturated heterocycles. The highest BCUT2D eigenvalue weighted by molar-refractivity contribution is 5.79. The van der Waals surface area contributed by atoms with E-state index < -0.39 is 0 Å². The van der Waals surface area contributed by atoms with Gasteiger partial charge in [-0.15, -0.1) is 0 Å². The van der Waals surface area contributed by atoms with E-state index in [1.54, 1.807) is 6.08 Å². The minimum Gasteiger partial charge on any atom is -0.322 e. The normalized spacial score (nSPS) is 20.5. The van der Waals surface area contributed by atoms with Crippen molar-refractivity contribution in [2.45, 2.75) is 12.8 Å². The molecule has 82 valence electrons. The third-order valence-electron chi connectivity index (χ3n) is 2.91. The first-order chi connectivity index (χ1) is 7.06. The number of hydrogen-bond donors (Lipinski definition) is 0. The Kier molecular flexibility index (Phi) is 4.04. The maximum absolute atomic E-state index is 11.1. The van der Waals surface area contributed by atoms with Crippen LogP contribution in [0.3, 0.4) is 0 Å². The molecule has 0 radical (unpaired) electrons. The number of rotatable bonds is 4. The number of likely N-dealkylation sites (N-methyl/N-ethyl adjacent to an activating group) is 1. The molecule has 0 N–H and O–H groups in total. The van der Waals surface area contributed by atoms with Gasteiger partial charge in [0.2, 0.25) is 0 Å². The predicted molar refractivity (Wildman–Crippen MR) is 63.5 cm³/mol. The number of ketones is 1. The smallest absolute Gasteiger partial charge is 0.144 e. The van der Waals surface area contributed by atoms with Crippen LogP contribution in [0.5, 0.6) is 0 Å². The first-order valence-corrected chi connectivity index (χ1v) is 5.38. The Balaban J connectivity index is 2.49. The van der Waals surface area contributed by atoms with Gasteiger partial charge in [-0.25, -0.2) is 0 Å². The van der Waals surface area contributed by atoms with Crippen LogP contribution in [0.1, 0.15) is 12.8 Å². The molecule has 0 aliphatic carbocycles.